The van der Waals surface area contributed by atoms with E-state index in [1.165, 1.54) is 35.2 Å². The number of benzene rings is 3. The Morgan fingerprint density at radius 3 is 2.07 bits per heavy atom. The zero-order chi connectivity index (χ0) is 20.8. The molecular weight excluding hydrogens is 376 g/mol. The van der Waals surface area contributed by atoms with Crippen molar-refractivity contribution >= 4 is 11.7 Å². The van der Waals surface area contributed by atoms with E-state index in [-0.39, 0.29) is 30.7 Å². The van der Waals surface area contributed by atoms with E-state index in [0.717, 1.165) is 0 Å². The molecule has 0 aliphatic rings. The Hall–Kier alpha value is -3.54. The molecular formula is C23H19F2NO3. The number of ketones is 1. The number of amides is 1. The number of nitrogens with zero attached hydrogens (tertiary/aromatic N) is 1. The third-order valence-corrected chi connectivity index (χ3v) is 4.38. The highest BCUT2D eigenvalue weighted by Crippen LogP contribution is 2.16. The van der Waals surface area contributed by atoms with Crippen LogP contribution >= 0.6 is 0 Å². The van der Waals surface area contributed by atoms with Crippen LogP contribution < -0.4 is 4.74 Å². The number of carbonyl (C=O) groups is 2. The molecule has 0 fully saturated rings. The van der Waals surface area contributed by atoms with Crippen LogP contribution in [0.3, 0.4) is 0 Å². The topological polar surface area (TPSA) is 46.6 Å². The lowest BCUT2D eigenvalue weighted by Gasteiger charge is -2.18. The summed E-state index contributed by atoms with van der Waals surface area (Å²) in [6, 6.07) is 17.9. The third kappa shape index (κ3) is 5.25. The molecule has 3 aromatic rings. The van der Waals surface area contributed by atoms with E-state index in [9.17, 15) is 18.4 Å². The van der Waals surface area contributed by atoms with Crippen molar-refractivity contribution in [3.63, 3.8) is 0 Å². The lowest BCUT2D eigenvalue weighted by molar-refractivity contribution is -0.132. The van der Waals surface area contributed by atoms with Crippen molar-refractivity contribution in [3.8, 4) is 5.75 Å². The maximum atomic E-state index is 13.7. The molecule has 0 radical (unpaired) electrons. The maximum Gasteiger partial charge on any atom is 0.260 e. The molecule has 0 unspecified atom stereocenters. The molecule has 3 rings (SSSR count). The van der Waals surface area contributed by atoms with Gasteiger partial charge in [0.05, 0.1) is 0 Å². The van der Waals surface area contributed by atoms with E-state index in [1.54, 1.807) is 49.5 Å². The molecule has 1 amide bonds. The smallest absolute Gasteiger partial charge is 0.260 e. The van der Waals surface area contributed by atoms with Gasteiger partial charge in [0.15, 0.2) is 12.4 Å². The van der Waals surface area contributed by atoms with Crippen molar-refractivity contribution in [2.24, 2.45) is 0 Å². The minimum Gasteiger partial charge on any atom is -0.484 e. The van der Waals surface area contributed by atoms with Crippen LogP contribution in [0.2, 0.25) is 0 Å². The van der Waals surface area contributed by atoms with E-state index in [4.69, 9.17) is 4.74 Å². The molecule has 0 atom stereocenters. The zero-order valence-electron chi connectivity index (χ0n) is 15.8. The number of hydrogen-bond acceptors (Lipinski definition) is 3. The van der Waals surface area contributed by atoms with Gasteiger partial charge in [-0.3, -0.25) is 9.59 Å². The van der Waals surface area contributed by atoms with Gasteiger partial charge < -0.3 is 9.64 Å². The van der Waals surface area contributed by atoms with E-state index in [1.807, 2.05) is 0 Å². The average Bonchev–Trinajstić information content (AvgIpc) is 2.74. The van der Waals surface area contributed by atoms with E-state index in [2.05, 4.69) is 0 Å². The normalized spacial score (nSPS) is 10.4. The summed E-state index contributed by atoms with van der Waals surface area (Å²) in [6.07, 6.45) is 0. The van der Waals surface area contributed by atoms with E-state index >= 15 is 0 Å². The minimum absolute atomic E-state index is 0.139. The molecule has 0 N–H and O–H groups in total. The summed E-state index contributed by atoms with van der Waals surface area (Å²) < 4.78 is 32.1. The van der Waals surface area contributed by atoms with Crippen LogP contribution in [-0.4, -0.2) is 30.2 Å². The summed E-state index contributed by atoms with van der Waals surface area (Å²) in [5.74, 6) is -0.894. The number of ether oxygens (including phenoxy) is 1. The fourth-order valence-corrected chi connectivity index (χ4v) is 2.70. The van der Waals surface area contributed by atoms with Crippen molar-refractivity contribution in [1.29, 1.82) is 0 Å². The van der Waals surface area contributed by atoms with Crippen molar-refractivity contribution < 1.29 is 23.1 Å². The van der Waals surface area contributed by atoms with Crippen LogP contribution in [0, 0.1) is 11.6 Å². The maximum absolute atomic E-state index is 13.7. The first-order valence-electron chi connectivity index (χ1n) is 8.94. The molecule has 0 aliphatic carbocycles. The number of likely N-dealkylation sites (N-methyl/N-ethyl adjacent to an activating group) is 1. The number of hydrogen-bond donors (Lipinski definition) is 0. The van der Waals surface area contributed by atoms with Gasteiger partial charge in [0.1, 0.15) is 17.4 Å². The van der Waals surface area contributed by atoms with Gasteiger partial charge in [-0.25, -0.2) is 8.78 Å². The standard InChI is InChI=1S/C23H19F2NO3/c1-26(14-18-4-2-3-5-21(18)25)22(27)15-29-20-12-8-17(9-13-20)23(28)16-6-10-19(24)11-7-16/h2-13H,14-15H2,1H3. The second-order valence-electron chi connectivity index (χ2n) is 6.49. The molecule has 0 aliphatic heterocycles. The summed E-state index contributed by atoms with van der Waals surface area (Å²) in [7, 11) is 1.57. The van der Waals surface area contributed by atoms with Crippen LogP contribution in [0.1, 0.15) is 21.5 Å². The molecule has 29 heavy (non-hydrogen) atoms. The minimum atomic E-state index is -0.407. The molecule has 4 nitrogen and oxygen atoms in total. The fraction of sp³-hybridized carbons (Fsp3) is 0.130. The zero-order valence-corrected chi connectivity index (χ0v) is 15.8. The van der Waals surface area contributed by atoms with Crippen molar-refractivity contribution in [2.45, 2.75) is 6.54 Å². The molecule has 0 saturated carbocycles. The summed E-state index contributed by atoms with van der Waals surface area (Å²) in [4.78, 5) is 26.0. The Kier molecular flexibility index (Phi) is 6.34. The molecule has 3 aromatic carbocycles. The summed E-state index contributed by atoms with van der Waals surface area (Å²) >= 11 is 0. The summed E-state index contributed by atoms with van der Waals surface area (Å²) in [6.45, 7) is -0.0732. The summed E-state index contributed by atoms with van der Waals surface area (Å²) in [5, 5.41) is 0. The van der Waals surface area contributed by atoms with Crippen LogP contribution in [0.15, 0.2) is 72.8 Å². The van der Waals surface area contributed by atoms with Crippen LogP contribution in [0.25, 0.3) is 0 Å². The first kappa shape index (κ1) is 20.2. The Labute approximate surface area is 167 Å². The first-order valence-corrected chi connectivity index (χ1v) is 8.94. The largest absolute Gasteiger partial charge is 0.484 e. The second kappa shape index (κ2) is 9.10. The van der Waals surface area contributed by atoms with Gasteiger partial charge in [0, 0.05) is 30.3 Å². The predicted octanol–water partition coefficient (Wildman–Crippen LogP) is 4.23. The van der Waals surface area contributed by atoms with Gasteiger partial charge >= 0.3 is 0 Å². The van der Waals surface area contributed by atoms with Crippen LogP contribution in [0.5, 0.6) is 5.75 Å². The van der Waals surface area contributed by atoms with Gasteiger partial charge in [-0.1, -0.05) is 18.2 Å². The lowest BCUT2D eigenvalue weighted by atomic mass is 10.0. The van der Waals surface area contributed by atoms with Gasteiger partial charge in [0.2, 0.25) is 0 Å². The van der Waals surface area contributed by atoms with Gasteiger partial charge in [-0.05, 0) is 54.6 Å². The number of carbonyl (C=O) groups excluding carboxylic acids is 2. The Morgan fingerprint density at radius 1 is 0.862 bits per heavy atom. The molecule has 0 heterocycles. The lowest BCUT2D eigenvalue weighted by Crippen LogP contribution is -2.31. The SMILES string of the molecule is CN(Cc1ccccc1F)C(=O)COc1ccc(C(=O)c2ccc(F)cc2)cc1. The molecule has 0 aromatic heterocycles. The number of rotatable bonds is 7. The third-order valence-electron chi connectivity index (χ3n) is 4.38. The highest BCUT2D eigenvalue weighted by atomic mass is 19.1. The Bertz CT molecular complexity index is 1000. The fourth-order valence-electron chi connectivity index (χ4n) is 2.70. The highest BCUT2D eigenvalue weighted by molar-refractivity contribution is 6.09. The molecule has 0 saturated heterocycles. The summed E-state index contributed by atoms with van der Waals surface area (Å²) in [5.41, 5.74) is 1.23. The highest BCUT2D eigenvalue weighted by Gasteiger charge is 2.13. The quantitative estimate of drug-likeness (QED) is 0.563. The van der Waals surface area contributed by atoms with Crippen molar-refractivity contribution in [2.75, 3.05) is 13.7 Å². The van der Waals surface area contributed by atoms with Crippen LogP contribution in [0.4, 0.5) is 8.78 Å². The van der Waals surface area contributed by atoms with Crippen molar-refractivity contribution in [1.82, 2.24) is 4.90 Å². The molecule has 148 valence electrons. The first-order chi connectivity index (χ1) is 13.9. The number of halogens is 2. The second-order valence-corrected chi connectivity index (χ2v) is 6.49. The average molecular weight is 395 g/mol. The van der Waals surface area contributed by atoms with E-state index < -0.39 is 5.82 Å². The van der Waals surface area contributed by atoms with E-state index in [0.29, 0.717) is 22.4 Å². The molecule has 0 bridgehead atoms. The van der Waals surface area contributed by atoms with Crippen LogP contribution in [-0.2, 0) is 11.3 Å². The molecule has 6 heteroatoms. The van der Waals surface area contributed by atoms with Gasteiger partial charge in [0.25, 0.3) is 5.91 Å². The van der Waals surface area contributed by atoms with Gasteiger partial charge in [-0.2, -0.15) is 0 Å². The van der Waals surface area contributed by atoms with Crippen molar-refractivity contribution in [3.05, 3.63) is 101 Å². The Morgan fingerprint density at radius 2 is 1.45 bits per heavy atom. The predicted molar refractivity (Wildman–Crippen MR) is 105 cm³/mol. The van der Waals surface area contributed by atoms with Gasteiger partial charge in [-0.15, -0.1) is 0 Å². The molecule has 0 spiro atoms. The monoisotopic (exact) mass is 395 g/mol. The Balaban J connectivity index is 1.55.